The minimum atomic E-state index is -0.539. The first kappa shape index (κ1) is 19.2. The third kappa shape index (κ3) is 4.60. The summed E-state index contributed by atoms with van der Waals surface area (Å²) < 4.78 is 10.5. The summed E-state index contributed by atoms with van der Waals surface area (Å²) in [5.74, 6) is 0.330. The average Bonchev–Trinajstić information content (AvgIpc) is 2.68. The van der Waals surface area contributed by atoms with Crippen molar-refractivity contribution in [3.05, 3.63) is 41.1 Å². The number of urea groups is 1. The molecule has 1 fully saturated rings. The van der Waals surface area contributed by atoms with E-state index in [4.69, 9.17) is 9.47 Å². The summed E-state index contributed by atoms with van der Waals surface area (Å²) in [6.45, 7) is 4.79. The van der Waals surface area contributed by atoms with Gasteiger partial charge in [-0.2, -0.15) is 0 Å². The number of hydrogen-bond acceptors (Lipinski definition) is 4. The number of likely N-dealkylation sites (tertiary alicyclic amines) is 1. The van der Waals surface area contributed by atoms with Crippen LogP contribution in [0.2, 0.25) is 0 Å². The number of amides is 2. The normalized spacial score (nSPS) is 20.7. The fourth-order valence-electron chi connectivity index (χ4n) is 3.73. The van der Waals surface area contributed by atoms with E-state index in [1.807, 2.05) is 24.3 Å². The van der Waals surface area contributed by atoms with E-state index in [9.17, 15) is 9.59 Å². The first-order chi connectivity index (χ1) is 13.1. The van der Waals surface area contributed by atoms with Gasteiger partial charge < -0.3 is 25.0 Å². The third-order valence-electron chi connectivity index (χ3n) is 5.09. The van der Waals surface area contributed by atoms with Crippen molar-refractivity contribution in [3.8, 4) is 5.75 Å². The Kier molecular flexibility index (Phi) is 6.34. The Labute approximate surface area is 159 Å². The molecule has 1 aromatic carbocycles. The third-order valence-corrected chi connectivity index (χ3v) is 5.09. The van der Waals surface area contributed by atoms with Gasteiger partial charge in [-0.25, -0.2) is 9.59 Å². The van der Waals surface area contributed by atoms with Gasteiger partial charge in [0.1, 0.15) is 12.3 Å². The highest BCUT2D eigenvalue weighted by molar-refractivity contribution is 5.95. The van der Waals surface area contributed by atoms with Crippen LogP contribution in [-0.2, 0) is 9.53 Å². The van der Waals surface area contributed by atoms with Gasteiger partial charge in [0.25, 0.3) is 0 Å². The van der Waals surface area contributed by atoms with Crippen molar-refractivity contribution < 1.29 is 24.0 Å². The Balaban J connectivity index is 1.95. The van der Waals surface area contributed by atoms with Gasteiger partial charge in [-0.05, 0) is 43.9 Å². The van der Waals surface area contributed by atoms with Gasteiger partial charge in [0.05, 0.1) is 44.1 Å². The zero-order chi connectivity index (χ0) is 19.2. The summed E-state index contributed by atoms with van der Waals surface area (Å²) >= 11 is 0. The van der Waals surface area contributed by atoms with Crippen LogP contribution in [0.15, 0.2) is 35.5 Å². The molecule has 2 heterocycles. The van der Waals surface area contributed by atoms with E-state index in [-0.39, 0.29) is 12.6 Å². The predicted molar refractivity (Wildman–Crippen MR) is 100 cm³/mol. The van der Waals surface area contributed by atoms with Crippen LogP contribution in [0.25, 0.3) is 0 Å². The van der Waals surface area contributed by atoms with Gasteiger partial charge in [0.2, 0.25) is 0 Å². The highest BCUT2D eigenvalue weighted by Crippen LogP contribution is 2.28. The minimum Gasteiger partial charge on any atom is -0.497 e. The molecular formula is C20H28N3O4+. The molecule has 0 bridgehead atoms. The monoisotopic (exact) mass is 374 g/mol. The fourth-order valence-corrected chi connectivity index (χ4v) is 3.73. The summed E-state index contributed by atoms with van der Waals surface area (Å²) in [6, 6.07) is 6.53. The van der Waals surface area contributed by atoms with Crippen molar-refractivity contribution in [3.63, 3.8) is 0 Å². The molecule has 2 aliphatic heterocycles. The molecule has 3 rings (SSSR count). The van der Waals surface area contributed by atoms with E-state index >= 15 is 0 Å². The van der Waals surface area contributed by atoms with Crippen LogP contribution in [0.4, 0.5) is 4.79 Å². The Morgan fingerprint density at radius 2 is 1.89 bits per heavy atom. The average molecular weight is 374 g/mol. The first-order valence-electron chi connectivity index (χ1n) is 9.57. The topological polar surface area (TPSA) is 81.1 Å². The van der Waals surface area contributed by atoms with Gasteiger partial charge in [-0.3, -0.25) is 0 Å². The Morgan fingerprint density at radius 3 is 2.52 bits per heavy atom. The number of ether oxygens (including phenoxy) is 2. The summed E-state index contributed by atoms with van der Waals surface area (Å²) in [6.07, 6.45) is 3.59. The zero-order valence-corrected chi connectivity index (χ0v) is 16.0. The number of piperidine rings is 1. The van der Waals surface area contributed by atoms with Crippen LogP contribution in [0.3, 0.4) is 0 Å². The maximum absolute atomic E-state index is 12.8. The van der Waals surface area contributed by atoms with Gasteiger partial charge in [0.15, 0.2) is 0 Å². The number of carbonyl (C=O) groups is 2. The number of esters is 1. The number of methoxy groups -OCH3 is 1. The number of quaternary nitrogens is 1. The Hall–Kier alpha value is -2.54. The quantitative estimate of drug-likeness (QED) is 0.648. The number of nitrogens with one attached hydrogen (secondary N) is 3. The van der Waals surface area contributed by atoms with E-state index in [1.165, 1.54) is 24.2 Å². The van der Waals surface area contributed by atoms with Crippen molar-refractivity contribution in [1.29, 1.82) is 0 Å². The number of rotatable bonds is 6. The maximum atomic E-state index is 12.8. The standard InChI is InChI=1S/C20H27N3O4/c1-3-27-19(24)17-16(13-23-11-5-4-6-12-23)21-20(25)22-18(17)14-7-9-15(26-2)10-8-14/h7-10,18H,3-6,11-13H2,1-2H3,(H2,21,22,25)/p+1/t18-/m0/s1. The molecule has 1 atom stereocenters. The first-order valence-corrected chi connectivity index (χ1v) is 9.57. The molecule has 0 saturated carbocycles. The summed E-state index contributed by atoms with van der Waals surface area (Å²) in [4.78, 5) is 26.4. The number of carbonyl (C=O) groups excluding carboxylic acids is 2. The molecule has 0 aromatic heterocycles. The van der Waals surface area contributed by atoms with Crippen molar-refractivity contribution >= 4 is 12.0 Å². The number of hydrogen-bond donors (Lipinski definition) is 3. The van der Waals surface area contributed by atoms with Crippen LogP contribution in [0, 0.1) is 0 Å². The molecule has 3 N–H and O–H groups in total. The second-order valence-corrected chi connectivity index (χ2v) is 6.90. The van der Waals surface area contributed by atoms with Gasteiger partial charge in [-0.15, -0.1) is 0 Å². The van der Waals surface area contributed by atoms with Crippen molar-refractivity contribution in [2.75, 3.05) is 33.4 Å². The fraction of sp³-hybridized carbons (Fsp3) is 0.500. The van der Waals surface area contributed by atoms with Gasteiger partial charge in [0, 0.05) is 0 Å². The number of benzene rings is 1. The minimum absolute atomic E-state index is 0.287. The van der Waals surface area contributed by atoms with Gasteiger partial charge in [-0.1, -0.05) is 12.1 Å². The largest absolute Gasteiger partial charge is 0.497 e. The molecule has 7 nitrogen and oxygen atoms in total. The van der Waals surface area contributed by atoms with Crippen LogP contribution < -0.4 is 20.3 Å². The van der Waals surface area contributed by atoms with E-state index in [2.05, 4.69) is 10.6 Å². The molecule has 1 aromatic rings. The molecule has 7 heteroatoms. The summed E-state index contributed by atoms with van der Waals surface area (Å²) in [5, 5.41) is 5.73. The Bertz CT molecular complexity index is 708. The van der Waals surface area contributed by atoms with E-state index in [0.29, 0.717) is 17.8 Å². The van der Waals surface area contributed by atoms with Crippen LogP contribution in [0.1, 0.15) is 37.8 Å². The Morgan fingerprint density at radius 1 is 1.19 bits per heavy atom. The lowest BCUT2D eigenvalue weighted by molar-refractivity contribution is -0.900. The van der Waals surface area contributed by atoms with Crippen LogP contribution in [0.5, 0.6) is 5.75 Å². The lowest BCUT2D eigenvalue weighted by Crippen LogP contribution is -3.13. The molecule has 2 aliphatic rings. The lowest BCUT2D eigenvalue weighted by Gasteiger charge is -2.31. The second-order valence-electron chi connectivity index (χ2n) is 6.90. The molecule has 146 valence electrons. The molecule has 0 spiro atoms. The molecule has 1 saturated heterocycles. The molecule has 0 radical (unpaired) electrons. The van der Waals surface area contributed by atoms with Crippen molar-refractivity contribution in [2.24, 2.45) is 0 Å². The molecule has 2 amide bonds. The highest BCUT2D eigenvalue weighted by Gasteiger charge is 2.35. The van der Waals surface area contributed by atoms with Crippen LogP contribution >= 0.6 is 0 Å². The summed E-state index contributed by atoms with van der Waals surface area (Å²) in [5.41, 5.74) is 1.97. The SMILES string of the molecule is CCOC(=O)C1=C(C[NH+]2CCCCC2)NC(=O)N[C@H]1c1ccc(OC)cc1. The van der Waals surface area contributed by atoms with E-state index < -0.39 is 12.0 Å². The highest BCUT2D eigenvalue weighted by atomic mass is 16.5. The zero-order valence-electron chi connectivity index (χ0n) is 16.0. The van der Waals surface area contributed by atoms with Crippen LogP contribution in [-0.4, -0.2) is 45.4 Å². The van der Waals surface area contributed by atoms with E-state index in [1.54, 1.807) is 14.0 Å². The second kappa shape index (κ2) is 8.90. The molecule has 0 unspecified atom stereocenters. The molecule has 27 heavy (non-hydrogen) atoms. The van der Waals surface area contributed by atoms with Crippen molar-refractivity contribution in [2.45, 2.75) is 32.2 Å². The molecule has 0 aliphatic carbocycles. The predicted octanol–water partition coefficient (Wildman–Crippen LogP) is 0.935. The summed E-state index contributed by atoms with van der Waals surface area (Å²) in [7, 11) is 1.60. The van der Waals surface area contributed by atoms with Gasteiger partial charge >= 0.3 is 12.0 Å². The van der Waals surface area contributed by atoms with Crippen molar-refractivity contribution in [1.82, 2.24) is 10.6 Å². The lowest BCUT2D eigenvalue weighted by atomic mass is 9.94. The smallest absolute Gasteiger partial charge is 0.338 e. The maximum Gasteiger partial charge on any atom is 0.338 e. The van der Waals surface area contributed by atoms with E-state index in [0.717, 1.165) is 24.4 Å². The molecular weight excluding hydrogens is 346 g/mol.